The zero-order chi connectivity index (χ0) is 22.0. The number of hydrogen-bond donors (Lipinski definition) is 2. The SMILES string of the molecule is CC(C)(CCl)C(=O)Nc1cc(-c2cccs2)nn1-c1nc(-c2ccccc2)cc(=O)[nH]1. The fourth-order valence-corrected chi connectivity index (χ4v) is 3.63. The van der Waals surface area contributed by atoms with Crippen LogP contribution in [0.4, 0.5) is 5.82 Å². The minimum atomic E-state index is -0.785. The summed E-state index contributed by atoms with van der Waals surface area (Å²) in [4.78, 5) is 33.4. The Morgan fingerprint density at radius 3 is 2.61 bits per heavy atom. The van der Waals surface area contributed by atoms with Gasteiger partial charge in [0, 0.05) is 23.6 Å². The van der Waals surface area contributed by atoms with Crippen LogP contribution >= 0.6 is 22.9 Å². The normalized spacial score (nSPS) is 11.5. The Morgan fingerprint density at radius 2 is 1.94 bits per heavy atom. The number of anilines is 1. The first kappa shape index (κ1) is 21.0. The molecule has 0 aliphatic heterocycles. The number of nitrogens with one attached hydrogen (secondary N) is 2. The Bertz CT molecular complexity index is 1260. The van der Waals surface area contributed by atoms with E-state index in [1.54, 1.807) is 19.9 Å². The van der Waals surface area contributed by atoms with E-state index in [2.05, 4.69) is 20.4 Å². The number of rotatable bonds is 6. The molecular weight excluding hydrogens is 434 g/mol. The highest BCUT2D eigenvalue weighted by Crippen LogP contribution is 2.29. The monoisotopic (exact) mass is 453 g/mol. The third-order valence-electron chi connectivity index (χ3n) is 4.67. The van der Waals surface area contributed by atoms with E-state index in [0.29, 0.717) is 17.2 Å². The van der Waals surface area contributed by atoms with E-state index < -0.39 is 5.41 Å². The Labute approximate surface area is 187 Å². The second kappa shape index (κ2) is 8.49. The summed E-state index contributed by atoms with van der Waals surface area (Å²) >= 11 is 7.49. The van der Waals surface area contributed by atoms with Crippen LogP contribution in [0.25, 0.3) is 27.8 Å². The number of amides is 1. The number of H-pyrrole nitrogens is 1. The highest BCUT2D eigenvalue weighted by atomic mass is 35.5. The molecule has 4 aromatic rings. The van der Waals surface area contributed by atoms with E-state index in [-0.39, 0.29) is 23.3 Å². The van der Waals surface area contributed by atoms with Crippen LogP contribution in [0.2, 0.25) is 0 Å². The molecule has 1 amide bonds. The van der Waals surface area contributed by atoms with Gasteiger partial charge < -0.3 is 5.32 Å². The minimum absolute atomic E-state index is 0.156. The molecule has 0 aliphatic carbocycles. The van der Waals surface area contributed by atoms with Gasteiger partial charge in [-0.3, -0.25) is 14.6 Å². The van der Waals surface area contributed by atoms with Gasteiger partial charge in [0.2, 0.25) is 11.9 Å². The standard InChI is InChI=1S/C22H20ClN5O2S/c1-22(2,13-23)20(30)25-18-11-16(17-9-6-10-31-17)27-28(18)21-24-15(12-19(29)26-21)14-7-4-3-5-8-14/h3-12H,13H2,1-2H3,(H,25,30)(H,24,26,29). The molecule has 0 fully saturated rings. The van der Waals surface area contributed by atoms with E-state index in [1.165, 1.54) is 22.1 Å². The van der Waals surface area contributed by atoms with Gasteiger partial charge in [-0.05, 0) is 25.3 Å². The van der Waals surface area contributed by atoms with Crippen molar-refractivity contribution in [2.45, 2.75) is 13.8 Å². The van der Waals surface area contributed by atoms with Crippen molar-refractivity contribution < 1.29 is 4.79 Å². The number of carbonyl (C=O) groups excluding carboxylic acids is 1. The van der Waals surface area contributed by atoms with Gasteiger partial charge in [0.15, 0.2) is 0 Å². The molecule has 0 saturated heterocycles. The predicted molar refractivity (Wildman–Crippen MR) is 124 cm³/mol. The zero-order valence-corrected chi connectivity index (χ0v) is 18.5. The number of alkyl halides is 1. The van der Waals surface area contributed by atoms with Crippen molar-refractivity contribution in [3.63, 3.8) is 0 Å². The quantitative estimate of drug-likeness (QED) is 0.419. The van der Waals surface area contributed by atoms with Crippen LogP contribution in [0.15, 0.2) is 64.8 Å². The molecule has 0 aliphatic rings. The highest BCUT2D eigenvalue weighted by molar-refractivity contribution is 7.13. The summed E-state index contributed by atoms with van der Waals surface area (Å²) in [5.74, 6) is 0.486. The second-order valence-electron chi connectivity index (χ2n) is 7.60. The van der Waals surface area contributed by atoms with E-state index in [9.17, 15) is 9.59 Å². The number of thiophene rings is 1. The number of nitrogens with zero attached hydrogens (tertiary/aromatic N) is 3. The van der Waals surface area contributed by atoms with Crippen LogP contribution in [0.3, 0.4) is 0 Å². The Kier molecular flexibility index (Phi) is 5.75. The van der Waals surface area contributed by atoms with Crippen LogP contribution in [0, 0.1) is 5.41 Å². The van der Waals surface area contributed by atoms with Crippen molar-refractivity contribution in [1.82, 2.24) is 19.7 Å². The molecule has 0 saturated carbocycles. The van der Waals surface area contributed by atoms with Gasteiger partial charge >= 0.3 is 0 Å². The van der Waals surface area contributed by atoms with Crippen molar-refractivity contribution in [1.29, 1.82) is 0 Å². The number of aromatic amines is 1. The first-order valence-corrected chi connectivity index (χ1v) is 11.0. The number of hydrogen-bond acceptors (Lipinski definition) is 5. The molecule has 4 rings (SSSR count). The minimum Gasteiger partial charge on any atom is -0.310 e. The first-order valence-electron chi connectivity index (χ1n) is 9.56. The van der Waals surface area contributed by atoms with Gasteiger partial charge in [0.1, 0.15) is 11.5 Å². The second-order valence-corrected chi connectivity index (χ2v) is 8.81. The molecule has 0 spiro atoms. The maximum absolute atomic E-state index is 12.8. The molecule has 31 heavy (non-hydrogen) atoms. The van der Waals surface area contributed by atoms with Crippen molar-refractivity contribution in [3.8, 4) is 27.8 Å². The number of aromatic nitrogens is 4. The van der Waals surface area contributed by atoms with Crippen LogP contribution in [0.5, 0.6) is 0 Å². The van der Waals surface area contributed by atoms with Crippen molar-refractivity contribution >= 4 is 34.7 Å². The molecule has 1 aromatic carbocycles. The van der Waals surface area contributed by atoms with Crippen molar-refractivity contribution in [3.05, 3.63) is 70.3 Å². The summed E-state index contributed by atoms with van der Waals surface area (Å²) in [6, 6.07) is 16.4. The molecule has 9 heteroatoms. The van der Waals surface area contributed by atoms with Gasteiger partial charge in [0.25, 0.3) is 5.56 Å². The Morgan fingerprint density at radius 1 is 1.16 bits per heavy atom. The van der Waals surface area contributed by atoms with Gasteiger partial charge in [-0.25, -0.2) is 4.98 Å². The summed E-state index contributed by atoms with van der Waals surface area (Å²) in [6.07, 6.45) is 0. The summed E-state index contributed by atoms with van der Waals surface area (Å²) in [5.41, 5.74) is 0.851. The van der Waals surface area contributed by atoms with Crippen LogP contribution in [-0.4, -0.2) is 31.5 Å². The van der Waals surface area contributed by atoms with E-state index >= 15 is 0 Å². The lowest BCUT2D eigenvalue weighted by atomic mass is 9.95. The maximum Gasteiger partial charge on any atom is 0.252 e. The van der Waals surface area contributed by atoms with Gasteiger partial charge in [0.05, 0.1) is 16.0 Å². The largest absolute Gasteiger partial charge is 0.310 e. The number of benzene rings is 1. The molecular formula is C22H20ClN5O2S. The molecule has 7 nitrogen and oxygen atoms in total. The third kappa shape index (κ3) is 4.45. The summed E-state index contributed by atoms with van der Waals surface area (Å²) in [6.45, 7) is 3.51. The molecule has 0 bridgehead atoms. The lowest BCUT2D eigenvalue weighted by Gasteiger charge is -2.20. The first-order chi connectivity index (χ1) is 14.9. The zero-order valence-electron chi connectivity index (χ0n) is 16.9. The van der Waals surface area contributed by atoms with E-state index in [1.807, 2.05) is 47.8 Å². The molecule has 3 heterocycles. The van der Waals surface area contributed by atoms with E-state index in [0.717, 1.165) is 10.4 Å². The summed E-state index contributed by atoms with van der Waals surface area (Å²) in [5, 5.41) is 9.43. The molecule has 158 valence electrons. The summed E-state index contributed by atoms with van der Waals surface area (Å²) < 4.78 is 1.44. The number of halogens is 1. The van der Waals surface area contributed by atoms with Crippen LogP contribution < -0.4 is 10.9 Å². The molecule has 0 radical (unpaired) electrons. The molecule has 3 aromatic heterocycles. The van der Waals surface area contributed by atoms with Gasteiger partial charge in [-0.15, -0.1) is 22.9 Å². The van der Waals surface area contributed by atoms with Gasteiger partial charge in [-0.1, -0.05) is 36.4 Å². The fourth-order valence-electron chi connectivity index (χ4n) is 2.82. The molecule has 0 atom stereocenters. The van der Waals surface area contributed by atoms with Crippen molar-refractivity contribution in [2.24, 2.45) is 5.41 Å². The third-order valence-corrected chi connectivity index (χ3v) is 6.23. The average molecular weight is 454 g/mol. The number of carbonyl (C=O) groups is 1. The fraction of sp³-hybridized carbons (Fsp3) is 0.182. The van der Waals surface area contributed by atoms with Crippen molar-refractivity contribution in [2.75, 3.05) is 11.2 Å². The molecule has 0 unspecified atom stereocenters. The lowest BCUT2D eigenvalue weighted by Crippen LogP contribution is -2.33. The smallest absolute Gasteiger partial charge is 0.252 e. The topological polar surface area (TPSA) is 92.7 Å². The van der Waals surface area contributed by atoms with Crippen LogP contribution in [0.1, 0.15) is 13.8 Å². The predicted octanol–water partition coefficient (Wildman–Crippen LogP) is 4.55. The Balaban J connectivity index is 1.83. The highest BCUT2D eigenvalue weighted by Gasteiger charge is 2.28. The van der Waals surface area contributed by atoms with E-state index in [4.69, 9.17) is 11.6 Å². The van der Waals surface area contributed by atoms with Crippen LogP contribution in [-0.2, 0) is 4.79 Å². The average Bonchev–Trinajstić information content (AvgIpc) is 3.44. The van der Waals surface area contributed by atoms with Gasteiger partial charge in [-0.2, -0.15) is 9.78 Å². The summed E-state index contributed by atoms with van der Waals surface area (Å²) in [7, 11) is 0. The maximum atomic E-state index is 12.8. The lowest BCUT2D eigenvalue weighted by molar-refractivity contribution is -0.123. The molecule has 2 N–H and O–H groups in total. The Hall–Kier alpha value is -3.23.